The quantitative estimate of drug-likeness (QED) is 0.354. The summed E-state index contributed by atoms with van der Waals surface area (Å²) < 4.78 is 37.3. The zero-order valence-corrected chi connectivity index (χ0v) is 22.3. The van der Waals surface area contributed by atoms with Crippen LogP contribution in [0.5, 0.6) is 5.75 Å². The van der Waals surface area contributed by atoms with Crippen molar-refractivity contribution in [2.45, 2.75) is 88.6 Å². The highest BCUT2D eigenvalue weighted by molar-refractivity contribution is 7.87. The van der Waals surface area contributed by atoms with E-state index in [4.69, 9.17) is 8.92 Å². The number of carbonyl (C=O) groups is 1. The van der Waals surface area contributed by atoms with Gasteiger partial charge in [-0.05, 0) is 118 Å². The summed E-state index contributed by atoms with van der Waals surface area (Å²) in [6.45, 7) is 6.41. The summed E-state index contributed by atoms with van der Waals surface area (Å²) in [5, 5.41) is 0. The molecule has 1 spiro atoms. The van der Waals surface area contributed by atoms with Crippen molar-refractivity contribution in [3.05, 3.63) is 59.7 Å². The molecule has 5 atom stereocenters. The first-order valence-corrected chi connectivity index (χ1v) is 14.8. The molecule has 0 N–H and O–H groups in total. The van der Waals surface area contributed by atoms with Crippen LogP contribution in [0.4, 0.5) is 0 Å². The van der Waals surface area contributed by atoms with E-state index in [0.717, 1.165) is 51.4 Å². The number of carbonyl (C=O) groups excluding carboxylic acids is 1. The summed E-state index contributed by atoms with van der Waals surface area (Å²) >= 11 is 0. The first kappa shape index (κ1) is 24.0. The van der Waals surface area contributed by atoms with Crippen LogP contribution in [0.2, 0.25) is 0 Å². The van der Waals surface area contributed by atoms with Crippen molar-refractivity contribution in [3.63, 3.8) is 0 Å². The van der Waals surface area contributed by atoms with Crippen LogP contribution in [0, 0.1) is 22.7 Å². The molecule has 3 fully saturated rings. The van der Waals surface area contributed by atoms with Gasteiger partial charge >= 0.3 is 16.1 Å². The van der Waals surface area contributed by atoms with Crippen molar-refractivity contribution < 1.29 is 22.1 Å². The highest BCUT2D eigenvalue weighted by atomic mass is 32.2. The topological polar surface area (TPSA) is 69.7 Å². The number of hydrogen-bond donors (Lipinski definition) is 0. The third kappa shape index (κ3) is 3.54. The Morgan fingerprint density at radius 1 is 0.917 bits per heavy atom. The van der Waals surface area contributed by atoms with E-state index < -0.39 is 10.1 Å². The fraction of sp³-hybridized carbons (Fsp3) is 0.567. The summed E-state index contributed by atoms with van der Waals surface area (Å²) in [5.41, 5.74) is 1.90. The van der Waals surface area contributed by atoms with Crippen LogP contribution in [-0.2, 0) is 26.1 Å². The summed E-state index contributed by atoms with van der Waals surface area (Å²) in [5.74, 6) is 1.95. The zero-order valence-electron chi connectivity index (χ0n) is 21.5. The van der Waals surface area contributed by atoms with Crippen molar-refractivity contribution in [3.8, 4) is 5.75 Å². The second-order valence-corrected chi connectivity index (χ2v) is 13.9. The van der Waals surface area contributed by atoms with Gasteiger partial charge in [0, 0.05) is 5.41 Å². The minimum absolute atomic E-state index is 0.0234. The number of rotatable bonds is 3. The van der Waals surface area contributed by atoms with E-state index in [0.29, 0.717) is 23.5 Å². The van der Waals surface area contributed by atoms with Gasteiger partial charge in [0.15, 0.2) is 0 Å². The molecule has 0 radical (unpaired) electrons. The number of fused-ring (bicyclic) bond motifs is 6. The lowest BCUT2D eigenvalue weighted by molar-refractivity contribution is -0.206. The molecule has 1 saturated heterocycles. The fourth-order valence-corrected chi connectivity index (χ4v) is 8.97. The van der Waals surface area contributed by atoms with Gasteiger partial charge in [0.25, 0.3) is 0 Å². The number of ether oxygens (including phenoxy) is 1. The first-order chi connectivity index (χ1) is 17.0. The summed E-state index contributed by atoms with van der Waals surface area (Å²) in [6.07, 6.45) is 8.13. The molecule has 5 nitrogen and oxygen atoms in total. The SMILES string of the molecule is CC1(C)CC[C@@]2(CC[C@H]3[C@@H]4CCc5cc(OS(=O)(=O)c6ccccc6)ccc5[C@H]4CC[C@@]32C)OC1=O. The van der Waals surface area contributed by atoms with Gasteiger partial charge in [-0.25, -0.2) is 0 Å². The lowest BCUT2D eigenvalue weighted by Crippen LogP contribution is -2.56. The van der Waals surface area contributed by atoms with E-state index >= 15 is 0 Å². The van der Waals surface area contributed by atoms with Crippen molar-refractivity contribution in [1.29, 1.82) is 0 Å². The van der Waals surface area contributed by atoms with Crippen LogP contribution in [0.15, 0.2) is 53.4 Å². The molecule has 0 amide bonds. The predicted molar refractivity (Wildman–Crippen MR) is 137 cm³/mol. The highest BCUT2D eigenvalue weighted by Crippen LogP contribution is 2.67. The third-order valence-corrected chi connectivity index (χ3v) is 11.5. The monoisotopic (exact) mass is 508 g/mol. The second-order valence-electron chi connectivity index (χ2n) is 12.4. The van der Waals surface area contributed by atoms with E-state index in [1.54, 1.807) is 30.3 Å². The molecule has 2 aromatic carbocycles. The molecule has 6 heteroatoms. The molecule has 36 heavy (non-hydrogen) atoms. The number of aryl methyl sites for hydroxylation is 1. The smallest absolute Gasteiger partial charge is 0.339 e. The molecule has 1 heterocycles. The lowest BCUT2D eigenvalue weighted by Gasteiger charge is -2.56. The Labute approximate surface area is 214 Å². The average molecular weight is 509 g/mol. The van der Waals surface area contributed by atoms with Crippen LogP contribution in [0.1, 0.15) is 82.8 Å². The lowest BCUT2D eigenvalue weighted by atomic mass is 9.52. The Hall–Kier alpha value is -2.34. The minimum atomic E-state index is -3.85. The minimum Gasteiger partial charge on any atom is -0.458 e. The molecule has 192 valence electrons. The maximum atomic E-state index is 12.9. The van der Waals surface area contributed by atoms with Gasteiger partial charge in [0.2, 0.25) is 0 Å². The van der Waals surface area contributed by atoms with E-state index in [1.807, 2.05) is 26.0 Å². The highest BCUT2D eigenvalue weighted by Gasteiger charge is 2.65. The molecular weight excluding hydrogens is 472 g/mol. The molecule has 2 aromatic rings. The molecule has 0 aromatic heterocycles. The first-order valence-electron chi connectivity index (χ1n) is 13.4. The van der Waals surface area contributed by atoms with Crippen molar-refractivity contribution in [1.82, 2.24) is 0 Å². The summed E-state index contributed by atoms with van der Waals surface area (Å²) in [6, 6.07) is 14.1. The Morgan fingerprint density at radius 2 is 1.69 bits per heavy atom. The van der Waals surface area contributed by atoms with E-state index in [-0.39, 0.29) is 27.3 Å². The molecule has 6 rings (SSSR count). The van der Waals surface area contributed by atoms with Gasteiger partial charge in [-0.2, -0.15) is 8.42 Å². The fourth-order valence-electron chi connectivity index (χ4n) is 8.03. The van der Waals surface area contributed by atoms with E-state index in [1.165, 1.54) is 11.1 Å². The van der Waals surface area contributed by atoms with Crippen molar-refractivity contribution in [2.24, 2.45) is 22.7 Å². The Bertz CT molecular complexity index is 1300. The van der Waals surface area contributed by atoms with Crippen molar-refractivity contribution in [2.75, 3.05) is 0 Å². The number of esters is 1. The largest absolute Gasteiger partial charge is 0.458 e. The molecular formula is C30H36O5S. The molecule has 3 aliphatic carbocycles. The molecule has 2 saturated carbocycles. The van der Waals surface area contributed by atoms with Crippen LogP contribution in [0.3, 0.4) is 0 Å². The predicted octanol–water partition coefficient (Wildman–Crippen LogP) is 6.41. The Morgan fingerprint density at radius 3 is 2.44 bits per heavy atom. The third-order valence-electron chi connectivity index (χ3n) is 10.2. The molecule has 4 aliphatic rings. The molecule has 1 aliphatic heterocycles. The van der Waals surface area contributed by atoms with E-state index in [2.05, 4.69) is 13.0 Å². The summed E-state index contributed by atoms with van der Waals surface area (Å²) in [4.78, 5) is 13.0. The Kier molecular flexibility index (Phi) is 5.39. The van der Waals surface area contributed by atoms with Crippen LogP contribution in [-0.4, -0.2) is 20.0 Å². The van der Waals surface area contributed by atoms with E-state index in [9.17, 15) is 13.2 Å². The van der Waals surface area contributed by atoms with Crippen LogP contribution >= 0.6 is 0 Å². The normalized spacial score (nSPS) is 34.9. The molecule has 0 bridgehead atoms. The standard InChI is InChI=1S/C30H36O5S/c1-28(2)17-18-30(34-27(28)31)16-14-26-25-11-9-20-19-21(35-36(32,33)22-7-5-4-6-8-22)10-12-23(20)24(25)13-15-29(26,30)3/h4-8,10,12,19,24-26H,9,11,13-18H2,1-3H3/t24-,25-,26+,29+,30-/m1/s1. The second kappa shape index (κ2) is 8.08. The number of hydrogen-bond acceptors (Lipinski definition) is 5. The maximum absolute atomic E-state index is 12.9. The maximum Gasteiger partial charge on any atom is 0.339 e. The van der Waals surface area contributed by atoms with Gasteiger partial charge in [-0.1, -0.05) is 31.2 Å². The van der Waals surface area contributed by atoms with Crippen molar-refractivity contribution >= 4 is 16.1 Å². The van der Waals surface area contributed by atoms with Gasteiger partial charge in [-0.3, -0.25) is 4.79 Å². The zero-order chi connectivity index (χ0) is 25.3. The molecule has 0 unspecified atom stereocenters. The van der Waals surface area contributed by atoms with Gasteiger partial charge in [-0.15, -0.1) is 0 Å². The van der Waals surface area contributed by atoms with Gasteiger partial charge < -0.3 is 8.92 Å². The van der Waals surface area contributed by atoms with Gasteiger partial charge in [0.05, 0.1) is 5.41 Å². The summed E-state index contributed by atoms with van der Waals surface area (Å²) in [7, 11) is -3.85. The van der Waals surface area contributed by atoms with Gasteiger partial charge in [0.1, 0.15) is 16.2 Å². The number of benzene rings is 2. The average Bonchev–Trinajstić information content (AvgIpc) is 3.14. The van der Waals surface area contributed by atoms with Crippen LogP contribution in [0.25, 0.3) is 0 Å². The Balaban J connectivity index is 1.24. The van der Waals surface area contributed by atoms with Crippen LogP contribution < -0.4 is 4.18 Å².